The fraction of sp³-hybridized carbons (Fsp3) is 0.350. The number of hydrogen-bond acceptors (Lipinski definition) is 2. The minimum absolute atomic E-state index is 0.162. The molecule has 1 aliphatic heterocycles. The van der Waals surface area contributed by atoms with Gasteiger partial charge in [-0.25, -0.2) is 4.79 Å². The predicted octanol–water partition coefficient (Wildman–Crippen LogP) is 4.68. The molecule has 0 aromatic heterocycles. The van der Waals surface area contributed by atoms with Crippen LogP contribution in [-0.4, -0.2) is 37.1 Å². The molecule has 144 valence electrons. The van der Waals surface area contributed by atoms with Gasteiger partial charge in [0.15, 0.2) is 0 Å². The molecule has 2 aromatic rings. The molecular weight excluding hydrogens is 355 g/mol. The van der Waals surface area contributed by atoms with Gasteiger partial charge in [-0.05, 0) is 61.4 Å². The number of hydrogen-bond donors (Lipinski definition) is 1. The van der Waals surface area contributed by atoms with Crippen LogP contribution in [0.25, 0.3) is 0 Å². The average Bonchev–Trinajstić information content (AvgIpc) is 2.64. The lowest BCUT2D eigenvalue weighted by atomic mass is 10.1. The summed E-state index contributed by atoms with van der Waals surface area (Å²) in [4.78, 5) is 16.1. The van der Waals surface area contributed by atoms with Crippen LogP contribution in [0.4, 0.5) is 29.3 Å². The summed E-state index contributed by atoms with van der Waals surface area (Å²) in [5, 5.41) is 2.90. The number of carbonyl (C=O) groups is 1. The standard InChI is InChI=1S/C20H22F3N3O/c1-14-3-6-17(13-15(14)2)24-19(27)26-11-9-25(10-12-26)18-7-4-16(5-8-18)20(21,22)23/h3-8,13H,9-12H2,1-2H3,(H,24,27). The van der Waals surface area contributed by atoms with E-state index in [0.717, 1.165) is 34.6 Å². The molecule has 7 heteroatoms. The molecule has 1 saturated heterocycles. The summed E-state index contributed by atoms with van der Waals surface area (Å²) in [6.45, 7) is 6.18. The highest BCUT2D eigenvalue weighted by atomic mass is 19.4. The SMILES string of the molecule is Cc1ccc(NC(=O)N2CCN(c3ccc(C(F)(F)F)cc3)CC2)cc1C. The Bertz CT molecular complexity index is 810. The van der Waals surface area contributed by atoms with E-state index < -0.39 is 11.7 Å². The summed E-state index contributed by atoms with van der Waals surface area (Å²) in [5.74, 6) is 0. The number of amides is 2. The van der Waals surface area contributed by atoms with E-state index in [4.69, 9.17) is 0 Å². The number of alkyl halides is 3. The van der Waals surface area contributed by atoms with Crippen LogP contribution < -0.4 is 10.2 Å². The monoisotopic (exact) mass is 377 g/mol. The van der Waals surface area contributed by atoms with Gasteiger partial charge in [-0.2, -0.15) is 13.2 Å². The average molecular weight is 377 g/mol. The fourth-order valence-corrected chi connectivity index (χ4v) is 3.05. The van der Waals surface area contributed by atoms with E-state index in [9.17, 15) is 18.0 Å². The molecule has 4 nitrogen and oxygen atoms in total. The van der Waals surface area contributed by atoms with E-state index in [2.05, 4.69) is 5.32 Å². The Balaban J connectivity index is 1.56. The van der Waals surface area contributed by atoms with Gasteiger partial charge in [0, 0.05) is 37.6 Å². The molecule has 0 bridgehead atoms. The highest BCUT2D eigenvalue weighted by Gasteiger charge is 2.30. The van der Waals surface area contributed by atoms with E-state index in [1.807, 2.05) is 36.9 Å². The first-order valence-electron chi connectivity index (χ1n) is 8.79. The Morgan fingerprint density at radius 2 is 1.56 bits per heavy atom. The Morgan fingerprint density at radius 3 is 2.11 bits per heavy atom. The van der Waals surface area contributed by atoms with Crippen LogP contribution >= 0.6 is 0 Å². The summed E-state index contributed by atoms with van der Waals surface area (Å²) in [6.07, 6.45) is -4.33. The Kier molecular flexibility index (Phi) is 5.30. The van der Waals surface area contributed by atoms with E-state index in [0.29, 0.717) is 26.2 Å². The van der Waals surface area contributed by atoms with Crippen LogP contribution in [0, 0.1) is 13.8 Å². The molecule has 2 amide bonds. The first kappa shape index (κ1) is 19.1. The van der Waals surface area contributed by atoms with Crippen LogP contribution in [0.1, 0.15) is 16.7 Å². The molecule has 1 fully saturated rings. The van der Waals surface area contributed by atoms with E-state index in [1.54, 1.807) is 4.90 Å². The van der Waals surface area contributed by atoms with Gasteiger partial charge in [-0.3, -0.25) is 0 Å². The van der Waals surface area contributed by atoms with Crippen molar-refractivity contribution < 1.29 is 18.0 Å². The Morgan fingerprint density at radius 1 is 0.926 bits per heavy atom. The van der Waals surface area contributed by atoms with Crippen molar-refractivity contribution in [1.29, 1.82) is 0 Å². The predicted molar refractivity (Wildman–Crippen MR) is 100 cm³/mol. The smallest absolute Gasteiger partial charge is 0.368 e. The maximum Gasteiger partial charge on any atom is 0.416 e. The van der Waals surface area contributed by atoms with Crippen molar-refractivity contribution in [3.05, 3.63) is 59.2 Å². The number of urea groups is 1. The van der Waals surface area contributed by atoms with Crippen LogP contribution in [0.2, 0.25) is 0 Å². The molecule has 0 saturated carbocycles. The van der Waals surface area contributed by atoms with E-state index in [1.165, 1.54) is 12.1 Å². The van der Waals surface area contributed by atoms with Gasteiger partial charge in [-0.15, -0.1) is 0 Å². The fourth-order valence-electron chi connectivity index (χ4n) is 3.05. The zero-order valence-corrected chi connectivity index (χ0v) is 15.3. The molecule has 0 unspecified atom stereocenters. The van der Waals surface area contributed by atoms with Gasteiger partial charge in [0.1, 0.15) is 0 Å². The Hall–Kier alpha value is -2.70. The summed E-state index contributed by atoms with van der Waals surface area (Å²) in [5.41, 5.74) is 3.11. The molecule has 1 N–H and O–H groups in total. The molecular formula is C20H22F3N3O. The molecule has 0 radical (unpaired) electrons. The maximum absolute atomic E-state index is 12.7. The van der Waals surface area contributed by atoms with Crippen molar-refractivity contribution >= 4 is 17.4 Å². The molecule has 1 heterocycles. The van der Waals surface area contributed by atoms with E-state index in [-0.39, 0.29) is 6.03 Å². The minimum Gasteiger partial charge on any atom is -0.368 e. The zero-order valence-electron chi connectivity index (χ0n) is 15.3. The first-order chi connectivity index (χ1) is 12.7. The van der Waals surface area contributed by atoms with Crippen molar-refractivity contribution in [2.75, 3.05) is 36.4 Å². The molecule has 0 atom stereocenters. The summed E-state index contributed by atoms with van der Waals surface area (Å²) >= 11 is 0. The summed E-state index contributed by atoms with van der Waals surface area (Å²) < 4.78 is 38.0. The summed E-state index contributed by atoms with van der Waals surface area (Å²) in [6, 6.07) is 10.8. The maximum atomic E-state index is 12.7. The highest BCUT2D eigenvalue weighted by Crippen LogP contribution is 2.30. The third-order valence-electron chi connectivity index (χ3n) is 4.88. The molecule has 0 aliphatic carbocycles. The largest absolute Gasteiger partial charge is 0.416 e. The van der Waals surface area contributed by atoms with E-state index >= 15 is 0 Å². The van der Waals surface area contributed by atoms with Crippen LogP contribution in [0.15, 0.2) is 42.5 Å². The summed E-state index contributed by atoms with van der Waals surface area (Å²) in [7, 11) is 0. The second kappa shape index (κ2) is 7.50. The number of nitrogens with zero attached hydrogens (tertiary/aromatic N) is 2. The number of anilines is 2. The molecule has 3 rings (SSSR count). The second-order valence-electron chi connectivity index (χ2n) is 6.75. The van der Waals surface area contributed by atoms with Crippen molar-refractivity contribution in [2.45, 2.75) is 20.0 Å². The molecule has 27 heavy (non-hydrogen) atoms. The van der Waals surface area contributed by atoms with Crippen LogP contribution in [0.5, 0.6) is 0 Å². The van der Waals surface area contributed by atoms with Gasteiger partial charge in [0.25, 0.3) is 0 Å². The van der Waals surface area contributed by atoms with Crippen molar-refractivity contribution in [3.8, 4) is 0 Å². The van der Waals surface area contributed by atoms with Crippen molar-refractivity contribution in [2.24, 2.45) is 0 Å². The highest BCUT2D eigenvalue weighted by molar-refractivity contribution is 5.89. The second-order valence-corrected chi connectivity index (χ2v) is 6.75. The number of benzene rings is 2. The molecule has 1 aliphatic rings. The normalized spacial score (nSPS) is 15.0. The number of rotatable bonds is 2. The van der Waals surface area contributed by atoms with Gasteiger partial charge < -0.3 is 15.1 Å². The lowest BCUT2D eigenvalue weighted by molar-refractivity contribution is -0.137. The number of halogens is 3. The van der Waals surface area contributed by atoms with Gasteiger partial charge in [-0.1, -0.05) is 6.07 Å². The van der Waals surface area contributed by atoms with Crippen LogP contribution in [-0.2, 0) is 6.18 Å². The topological polar surface area (TPSA) is 35.6 Å². The zero-order chi connectivity index (χ0) is 19.6. The van der Waals surface area contributed by atoms with Crippen LogP contribution in [0.3, 0.4) is 0 Å². The third-order valence-corrected chi connectivity index (χ3v) is 4.88. The van der Waals surface area contributed by atoms with Crippen molar-refractivity contribution in [1.82, 2.24) is 4.90 Å². The molecule has 0 spiro atoms. The lowest BCUT2D eigenvalue weighted by Gasteiger charge is -2.36. The van der Waals surface area contributed by atoms with Crippen molar-refractivity contribution in [3.63, 3.8) is 0 Å². The number of nitrogens with one attached hydrogen (secondary N) is 1. The molecule has 2 aromatic carbocycles. The van der Waals surface area contributed by atoms with Gasteiger partial charge >= 0.3 is 12.2 Å². The van der Waals surface area contributed by atoms with Gasteiger partial charge in [0.05, 0.1) is 5.56 Å². The first-order valence-corrected chi connectivity index (χ1v) is 8.79. The minimum atomic E-state index is -4.33. The number of piperazine rings is 1. The van der Waals surface area contributed by atoms with Gasteiger partial charge in [0.2, 0.25) is 0 Å². The number of carbonyl (C=O) groups excluding carboxylic acids is 1. The number of aryl methyl sites for hydroxylation is 2. The lowest BCUT2D eigenvalue weighted by Crippen LogP contribution is -2.50. The third kappa shape index (κ3) is 4.53. The Labute approximate surface area is 156 Å². The quantitative estimate of drug-likeness (QED) is 0.825.